The monoisotopic (exact) mass is 257 g/mol. The molecule has 0 unspecified atom stereocenters. The van der Waals surface area contributed by atoms with E-state index in [-0.39, 0.29) is 0 Å². The van der Waals surface area contributed by atoms with Crippen LogP contribution in [-0.2, 0) is 0 Å². The molecule has 0 radical (unpaired) electrons. The third kappa shape index (κ3) is 2.61. The number of halogens is 1. The molecule has 0 saturated heterocycles. The summed E-state index contributed by atoms with van der Waals surface area (Å²) in [5.74, 6) is 0.558. The second-order valence-corrected chi connectivity index (χ2v) is 4.48. The van der Waals surface area contributed by atoms with Gasteiger partial charge in [0.2, 0.25) is 0 Å². The lowest BCUT2D eigenvalue weighted by atomic mass is 10.2. The largest absolute Gasteiger partial charge is 0.339 e. The van der Waals surface area contributed by atoms with Crippen LogP contribution in [0.4, 0.5) is 11.5 Å². The fourth-order valence-corrected chi connectivity index (χ4v) is 1.77. The summed E-state index contributed by atoms with van der Waals surface area (Å²) >= 11 is 5.96. The fraction of sp³-hybridized carbons (Fsp3) is 0.143. The highest BCUT2D eigenvalue weighted by molar-refractivity contribution is 6.30. The molecule has 0 saturated carbocycles. The van der Waals surface area contributed by atoms with E-state index in [4.69, 9.17) is 16.9 Å². The Bertz CT molecular complexity index is 629. The molecule has 2 aromatic rings. The van der Waals surface area contributed by atoms with Crippen LogP contribution in [0.25, 0.3) is 0 Å². The molecule has 0 bridgehead atoms. The molecular formula is C14H12ClN3. The quantitative estimate of drug-likeness (QED) is 0.886. The molecule has 4 heteroatoms. The molecule has 18 heavy (non-hydrogen) atoms. The number of nitrogens with one attached hydrogen (secondary N) is 1. The van der Waals surface area contributed by atoms with Gasteiger partial charge in [-0.25, -0.2) is 4.98 Å². The predicted octanol–water partition coefficient (Wildman–Crippen LogP) is 3.97. The van der Waals surface area contributed by atoms with E-state index in [9.17, 15) is 0 Å². The number of pyridine rings is 1. The molecule has 1 aromatic heterocycles. The summed E-state index contributed by atoms with van der Waals surface area (Å²) in [6, 6.07) is 11.3. The Morgan fingerprint density at radius 3 is 2.72 bits per heavy atom. The van der Waals surface area contributed by atoms with Gasteiger partial charge in [0.1, 0.15) is 11.9 Å². The molecule has 90 valence electrons. The van der Waals surface area contributed by atoms with Crippen molar-refractivity contribution in [3.8, 4) is 6.07 Å². The van der Waals surface area contributed by atoms with Gasteiger partial charge in [0.25, 0.3) is 0 Å². The van der Waals surface area contributed by atoms with E-state index in [2.05, 4.69) is 16.4 Å². The van der Waals surface area contributed by atoms with Crippen LogP contribution in [0.15, 0.2) is 30.3 Å². The molecule has 0 fully saturated rings. The zero-order valence-corrected chi connectivity index (χ0v) is 10.9. The van der Waals surface area contributed by atoms with E-state index in [1.54, 1.807) is 6.07 Å². The molecule has 0 atom stereocenters. The smallest absolute Gasteiger partial charge is 0.148 e. The number of hydrogen-bond donors (Lipinski definition) is 1. The molecule has 1 heterocycles. The SMILES string of the molecule is Cc1ccc(C#N)c(Nc2cc(Cl)ccc2C)n1. The van der Waals surface area contributed by atoms with Gasteiger partial charge in [-0.15, -0.1) is 0 Å². The van der Waals surface area contributed by atoms with Gasteiger partial charge in [-0.3, -0.25) is 0 Å². The predicted molar refractivity (Wildman–Crippen MR) is 73.2 cm³/mol. The maximum atomic E-state index is 9.06. The van der Waals surface area contributed by atoms with Crippen molar-refractivity contribution in [3.05, 3.63) is 52.2 Å². The first-order valence-corrected chi connectivity index (χ1v) is 5.89. The maximum Gasteiger partial charge on any atom is 0.148 e. The number of benzene rings is 1. The molecule has 0 amide bonds. The number of aryl methyl sites for hydroxylation is 2. The second-order valence-electron chi connectivity index (χ2n) is 4.04. The number of nitriles is 1. The number of rotatable bonds is 2. The van der Waals surface area contributed by atoms with Gasteiger partial charge in [-0.05, 0) is 43.7 Å². The van der Waals surface area contributed by atoms with Crippen LogP contribution in [0.3, 0.4) is 0 Å². The minimum atomic E-state index is 0.514. The summed E-state index contributed by atoms with van der Waals surface area (Å²) in [4.78, 5) is 4.33. The van der Waals surface area contributed by atoms with Crippen LogP contribution in [0.2, 0.25) is 5.02 Å². The highest BCUT2D eigenvalue weighted by Gasteiger charge is 2.06. The minimum absolute atomic E-state index is 0.514. The van der Waals surface area contributed by atoms with Crippen LogP contribution < -0.4 is 5.32 Å². The third-order valence-electron chi connectivity index (χ3n) is 2.61. The van der Waals surface area contributed by atoms with E-state index >= 15 is 0 Å². The standard InChI is InChI=1S/C14H12ClN3/c1-9-3-6-12(15)7-13(9)18-14-11(8-16)5-4-10(2)17-14/h3-7H,1-2H3,(H,17,18). The second kappa shape index (κ2) is 5.07. The van der Waals surface area contributed by atoms with Gasteiger partial charge < -0.3 is 5.32 Å². The number of nitrogens with zero attached hydrogens (tertiary/aromatic N) is 2. The number of aromatic nitrogens is 1. The summed E-state index contributed by atoms with van der Waals surface area (Å²) in [6.45, 7) is 3.86. The van der Waals surface area contributed by atoms with Crippen molar-refractivity contribution < 1.29 is 0 Å². The summed E-state index contributed by atoms with van der Waals surface area (Å²) < 4.78 is 0. The Hall–Kier alpha value is -2.05. The van der Waals surface area contributed by atoms with Crippen molar-refractivity contribution in [3.63, 3.8) is 0 Å². The van der Waals surface area contributed by atoms with Gasteiger partial charge in [-0.2, -0.15) is 5.26 Å². The summed E-state index contributed by atoms with van der Waals surface area (Å²) in [6.07, 6.45) is 0. The Morgan fingerprint density at radius 1 is 1.22 bits per heavy atom. The Kier molecular flexibility index (Phi) is 3.50. The lowest BCUT2D eigenvalue weighted by Crippen LogP contribution is -1.99. The van der Waals surface area contributed by atoms with Crippen molar-refractivity contribution in [1.29, 1.82) is 5.26 Å². The lowest BCUT2D eigenvalue weighted by molar-refractivity contribution is 1.18. The number of hydrogen-bond acceptors (Lipinski definition) is 3. The normalized spacial score (nSPS) is 9.89. The molecule has 1 aromatic carbocycles. The lowest BCUT2D eigenvalue weighted by Gasteiger charge is -2.11. The van der Waals surface area contributed by atoms with Gasteiger partial charge in [0.05, 0.1) is 5.56 Å². The van der Waals surface area contributed by atoms with Crippen LogP contribution in [0.5, 0.6) is 0 Å². The zero-order chi connectivity index (χ0) is 13.1. The molecule has 0 spiro atoms. The molecule has 1 N–H and O–H groups in total. The van der Waals surface area contributed by atoms with E-state index in [1.807, 2.05) is 38.1 Å². The van der Waals surface area contributed by atoms with Gasteiger partial charge in [0.15, 0.2) is 0 Å². The van der Waals surface area contributed by atoms with Gasteiger partial charge in [-0.1, -0.05) is 17.7 Å². The van der Waals surface area contributed by atoms with E-state index < -0.39 is 0 Å². The van der Waals surface area contributed by atoms with Crippen molar-refractivity contribution in [1.82, 2.24) is 4.98 Å². The van der Waals surface area contributed by atoms with Crippen molar-refractivity contribution >= 4 is 23.1 Å². The third-order valence-corrected chi connectivity index (χ3v) is 2.84. The fourth-order valence-electron chi connectivity index (χ4n) is 1.60. The van der Waals surface area contributed by atoms with Gasteiger partial charge >= 0.3 is 0 Å². The first kappa shape index (κ1) is 12.4. The Morgan fingerprint density at radius 2 is 2.00 bits per heavy atom. The molecule has 0 aliphatic rings. The van der Waals surface area contributed by atoms with Crippen molar-refractivity contribution in [2.45, 2.75) is 13.8 Å². The van der Waals surface area contributed by atoms with Gasteiger partial charge in [0, 0.05) is 16.4 Å². The van der Waals surface area contributed by atoms with E-state index in [0.717, 1.165) is 16.9 Å². The maximum absolute atomic E-state index is 9.06. The first-order valence-electron chi connectivity index (χ1n) is 5.51. The molecule has 0 aliphatic carbocycles. The molecular weight excluding hydrogens is 246 g/mol. The average molecular weight is 258 g/mol. The van der Waals surface area contributed by atoms with Crippen LogP contribution >= 0.6 is 11.6 Å². The molecule has 3 nitrogen and oxygen atoms in total. The summed E-state index contributed by atoms with van der Waals surface area (Å²) in [5, 5.41) is 12.9. The minimum Gasteiger partial charge on any atom is -0.339 e. The topological polar surface area (TPSA) is 48.7 Å². The highest BCUT2D eigenvalue weighted by Crippen LogP contribution is 2.25. The van der Waals surface area contributed by atoms with E-state index in [1.165, 1.54) is 0 Å². The average Bonchev–Trinajstić information content (AvgIpc) is 2.34. The van der Waals surface area contributed by atoms with Crippen LogP contribution in [0.1, 0.15) is 16.8 Å². The summed E-state index contributed by atoms with van der Waals surface area (Å²) in [5.41, 5.74) is 3.28. The number of anilines is 2. The highest BCUT2D eigenvalue weighted by atomic mass is 35.5. The Labute approximate surface area is 111 Å². The van der Waals surface area contributed by atoms with E-state index in [0.29, 0.717) is 16.4 Å². The zero-order valence-electron chi connectivity index (χ0n) is 10.2. The first-order chi connectivity index (χ1) is 8.60. The Balaban J connectivity index is 2.43. The molecule has 2 rings (SSSR count). The van der Waals surface area contributed by atoms with Crippen LogP contribution in [0, 0.1) is 25.2 Å². The van der Waals surface area contributed by atoms with Crippen molar-refractivity contribution in [2.24, 2.45) is 0 Å². The van der Waals surface area contributed by atoms with Crippen molar-refractivity contribution in [2.75, 3.05) is 5.32 Å². The summed E-state index contributed by atoms with van der Waals surface area (Å²) in [7, 11) is 0. The van der Waals surface area contributed by atoms with Crippen LogP contribution in [-0.4, -0.2) is 4.98 Å². The molecule has 0 aliphatic heterocycles.